The summed E-state index contributed by atoms with van der Waals surface area (Å²) < 4.78 is 26.3. The fraction of sp³-hybridized carbons (Fsp3) is 0.188. The van der Waals surface area contributed by atoms with Gasteiger partial charge in [0.05, 0.1) is 0 Å². The first-order valence-corrected chi connectivity index (χ1v) is 6.48. The van der Waals surface area contributed by atoms with Gasteiger partial charge in [0.2, 0.25) is 5.91 Å². The zero-order valence-corrected chi connectivity index (χ0v) is 11.6. The first-order chi connectivity index (χ1) is 9.91. The summed E-state index contributed by atoms with van der Waals surface area (Å²) in [5.41, 5.74) is 5.67. The highest BCUT2D eigenvalue weighted by Crippen LogP contribution is 2.18. The average molecular weight is 290 g/mol. The van der Waals surface area contributed by atoms with Crippen molar-refractivity contribution in [2.45, 2.75) is 19.0 Å². The van der Waals surface area contributed by atoms with Gasteiger partial charge < -0.3 is 11.1 Å². The largest absolute Gasteiger partial charge is 0.350 e. The smallest absolute Gasteiger partial charge is 0.244 e. The molecule has 0 heterocycles. The van der Waals surface area contributed by atoms with Crippen LogP contribution >= 0.6 is 0 Å². The van der Waals surface area contributed by atoms with Gasteiger partial charge in [-0.25, -0.2) is 8.78 Å². The highest BCUT2D eigenvalue weighted by molar-refractivity contribution is 5.86. The second-order valence-electron chi connectivity index (χ2n) is 4.99. The first kappa shape index (κ1) is 15.1. The van der Waals surface area contributed by atoms with Gasteiger partial charge in [-0.1, -0.05) is 36.4 Å². The molecule has 0 radical (unpaired) electrons. The minimum atomic E-state index is -1.22. The highest BCUT2D eigenvalue weighted by Gasteiger charge is 2.30. The van der Waals surface area contributed by atoms with Crippen LogP contribution < -0.4 is 11.1 Å². The summed E-state index contributed by atoms with van der Waals surface area (Å²) in [6, 6.07) is 12.1. The van der Waals surface area contributed by atoms with Crippen LogP contribution in [0.15, 0.2) is 48.5 Å². The third-order valence-corrected chi connectivity index (χ3v) is 3.30. The van der Waals surface area contributed by atoms with Crippen LogP contribution in [0.5, 0.6) is 0 Å². The number of rotatable bonds is 4. The lowest BCUT2D eigenvalue weighted by Gasteiger charge is -2.24. The lowest BCUT2D eigenvalue weighted by molar-refractivity contribution is -0.126. The molecule has 2 aromatic carbocycles. The second-order valence-corrected chi connectivity index (χ2v) is 4.99. The molecule has 1 atom stereocenters. The van der Waals surface area contributed by atoms with Gasteiger partial charge in [-0.15, -0.1) is 0 Å². The lowest BCUT2D eigenvalue weighted by atomic mass is 9.92. The highest BCUT2D eigenvalue weighted by atomic mass is 19.1. The van der Waals surface area contributed by atoms with Gasteiger partial charge in [-0.3, -0.25) is 4.79 Å². The van der Waals surface area contributed by atoms with Crippen molar-refractivity contribution in [1.82, 2.24) is 5.32 Å². The van der Waals surface area contributed by atoms with E-state index in [1.54, 1.807) is 31.2 Å². The Hall–Kier alpha value is -2.27. The Morgan fingerprint density at radius 3 is 2.48 bits per heavy atom. The van der Waals surface area contributed by atoms with Crippen LogP contribution in [0.2, 0.25) is 0 Å². The van der Waals surface area contributed by atoms with Crippen LogP contribution in [0.1, 0.15) is 18.1 Å². The molecule has 3 N–H and O–H groups in total. The number of hydrogen-bond donors (Lipinski definition) is 2. The van der Waals surface area contributed by atoms with Crippen LogP contribution in [0.25, 0.3) is 0 Å². The molecular weight excluding hydrogens is 274 g/mol. The van der Waals surface area contributed by atoms with Crippen molar-refractivity contribution in [3.63, 3.8) is 0 Å². The number of hydrogen-bond acceptors (Lipinski definition) is 2. The number of carbonyl (C=O) groups excluding carboxylic acids is 1. The van der Waals surface area contributed by atoms with E-state index in [1.165, 1.54) is 6.07 Å². The molecule has 2 rings (SSSR count). The van der Waals surface area contributed by atoms with Crippen LogP contribution in [0, 0.1) is 11.6 Å². The van der Waals surface area contributed by atoms with Gasteiger partial charge in [0, 0.05) is 18.2 Å². The van der Waals surface area contributed by atoms with E-state index in [-0.39, 0.29) is 12.1 Å². The molecule has 0 saturated carbocycles. The lowest BCUT2D eigenvalue weighted by Crippen LogP contribution is -2.48. The van der Waals surface area contributed by atoms with E-state index in [9.17, 15) is 13.6 Å². The van der Waals surface area contributed by atoms with E-state index in [1.807, 2.05) is 6.07 Å². The SMILES string of the molecule is CC(N)(C(=O)NCc1ccc(F)cc1F)c1ccccc1. The monoisotopic (exact) mass is 290 g/mol. The number of nitrogens with two attached hydrogens (primary N) is 1. The fourth-order valence-electron chi connectivity index (χ4n) is 1.94. The molecule has 0 saturated heterocycles. The topological polar surface area (TPSA) is 55.1 Å². The molecule has 3 nitrogen and oxygen atoms in total. The summed E-state index contributed by atoms with van der Waals surface area (Å²) in [5, 5.41) is 2.57. The van der Waals surface area contributed by atoms with E-state index < -0.39 is 23.1 Å². The zero-order valence-electron chi connectivity index (χ0n) is 11.6. The van der Waals surface area contributed by atoms with E-state index >= 15 is 0 Å². The Bertz CT molecular complexity index is 642. The van der Waals surface area contributed by atoms with E-state index in [4.69, 9.17) is 5.73 Å². The molecule has 0 aromatic heterocycles. The third kappa shape index (κ3) is 3.44. The number of benzene rings is 2. The summed E-state index contributed by atoms with van der Waals surface area (Å²) in [7, 11) is 0. The van der Waals surface area contributed by atoms with E-state index in [2.05, 4.69) is 5.32 Å². The summed E-state index contributed by atoms with van der Waals surface area (Å²) in [6.45, 7) is 1.53. The summed E-state index contributed by atoms with van der Waals surface area (Å²) in [4.78, 5) is 12.2. The molecule has 0 spiro atoms. The Morgan fingerprint density at radius 1 is 1.19 bits per heavy atom. The maximum Gasteiger partial charge on any atom is 0.244 e. The molecule has 1 amide bonds. The van der Waals surface area contributed by atoms with Crippen LogP contribution in [-0.2, 0) is 16.9 Å². The molecule has 5 heteroatoms. The third-order valence-electron chi connectivity index (χ3n) is 3.30. The molecule has 2 aromatic rings. The number of amides is 1. The van der Waals surface area contributed by atoms with Crippen LogP contribution in [-0.4, -0.2) is 5.91 Å². The van der Waals surface area contributed by atoms with Gasteiger partial charge in [0.25, 0.3) is 0 Å². The quantitative estimate of drug-likeness (QED) is 0.908. The van der Waals surface area contributed by atoms with E-state index in [0.717, 1.165) is 12.1 Å². The van der Waals surface area contributed by atoms with Crippen LogP contribution in [0.4, 0.5) is 8.78 Å². The molecule has 0 fully saturated rings. The Balaban J connectivity index is 2.08. The molecule has 21 heavy (non-hydrogen) atoms. The Labute approximate surface area is 121 Å². The first-order valence-electron chi connectivity index (χ1n) is 6.48. The van der Waals surface area contributed by atoms with E-state index in [0.29, 0.717) is 5.56 Å². The number of halogens is 2. The molecule has 1 unspecified atom stereocenters. The van der Waals surface area contributed by atoms with Crippen molar-refractivity contribution in [1.29, 1.82) is 0 Å². The molecule has 110 valence electrons. The number of nitrogens with one attached hydrogen (secondary N) is 1. The van der Waals surface area contributed by atoms with Crippen molar-refractivity contribution in [3.05, 3.63) is 71.3 Å². The van der Waals surface area contributed by atoms with Crippen molar-refractivity contribution in [3.8, 4) is 0 Å². The van der Waals surface area contributed by atoms with Gasteiger partial charge in [-0.05, 0) is 18.6 Å². The maximum absolute atomic E-state index is 13.5. The van der Waals surface area contributed by atoms with Gasteiger partial charge in [0.15, 0.2) is 0 Å². The Kier molecular flexibility index (Phi) is 4.33. The van der Waals surface area contributed by atoms with Gasteiger partial charge in [0.1, 0.15) is 17.2 Å². The summed E-state index contributed by atoms with van der Waals surface area (Å²) >= 11 is 0. The standard InChI is InChI=1S/C16H16F2N2O/c1-16(19,12-5-3-2-4-6-12)15(21)20-10-11-7-8-13(17)9-14(11)18/h2-9H,10,19H2,1H3,(H,20,21). The summed E-state index contributed by atoms with van der Waals surface area (Å²) in [6.07, 6.45) is 0. The zero-order chi connectivity index (χ0) is 15.5. The van der Waals surface area contributed by atoms with Gasteiger partial charge in [-0.2, -0.15) is 0 Å². The second kappa shape index (κ2) is 6.01. The number of carbonyl (C=O) groups is 1. The van der Waals surface area contributed by atoms with Crippen molar-refractivity contribution in [2.75, 3.05) is 0 Å². The minimum absolute atomic E-state index is 0.0510. The normalized spacial score (nSPS) is 13.5. The Morgan fingerprint density at radius 2 is 1.86 bits per heavy atom. The van der Waals surface area contributed by atoms with Crippen molar-refractivity contribution in [2.24, 2.45) is 5.73 Å². The summed E-state index contributed by atoms with van der Waals surface area (Å²) in [5.74, 6) is -1.79. The van der Waals surface area contributed by atoms with Crippen LogP contribution in [0.3, 0.4) is 0 Å². The molecular formula is C16H16F2N2O. The molecule has 0 aliphatic heterocycles. The predicted molar refractivity (Wildman–Crippen MR) is 76.2 cm³/mol. The fourth-order valence-corrected chi connectivity index (χ4v) is 1.94. The molecule has 0 bridgehead atoms. The minimum Gasteiger partial charge on any atom is -0.350 e. The predicted octanol–water partition coefficient (Wildman–Crippen LogP) is 2.46. The average Bonchev–Trinajstić information content (AvgIpc) is 2.47. The molecule has 0 aliphatic rings. The maximum atomic E-state index is 13.5. The van der Waals surface area contributed by atoms with Crippen molar-refractivity contribution >= 4 is 5.91 Å². The molecule has 0 aliphatic carbocycles. The van der Waals surface area contributed by atoms with Crippen molar-refractivity contribution < 1.29 is 13.6 Å². The van der Waals surface area contributed by atoms with Gasteiger partial charge >= 0.3 is 0 Å².